The summed E-state index contributed by atoms with van der Waals surface area (Å²) in [5.41, 5.74) is 7.58. The van der Waals surface area contributed by atoms with Crippen molar-refractivity contribution in [3.63, 3.8) is 0 Å². The highest BCUT2D eigenvalue weighted by molar-refractivity contribution is 5.92. The summed E-state index contributed by atoms with van der Waals surface area (Å²) in [7, 11) is 0. The molecule has 0 aliphatic rings. The Bertz CT molecular complexity index is 613. The lowest BCUT2D eigenvalue weighted by atomic mass is 10.1. The van der Waals surface area contributed by atoms with Crippen molar-refractivity contribution in [2.75, 3.05) is 0 Å². The van der Waals surface area contributed by atoms with Crippen LogP contribution in [0.15, 0.2) is 48.5 Å². The van der Waals surface area contributed by atoms with Crippen LogP contribution in [0.3, 0.4) is 0 Å². The molecule has 0 fully saturated rings. The molecule has 0 heterocycles. The average Bonchev–Trinajstić information content (AvgIpc) is 2.45. The van der Waals surface area contributed by atoms with Crippen LogP contribution in [0.5, 0.6) is 0 Å². The van der Waals surface area contributed by atoms with Gasteiger partial charge in [0.2, 0.25) is 5.91 Å². The Morgan fingerprint density at radius 1 is 1.25 bits per heavy atom. The van der Waals surface area contributed by atoms with Gasteiger partial charge in [-0.15, -0.1) is 0 Å². The van der Waals surface area contributed by atoms with Crippen molar-refractivity contribution < 1.29 is 9.18 Å². The Morgan fingerprint density at radius 3 is 2.70 bits per heavy atom. The summed E-state index contributed by atoms with van der Waals surface area (Å²) in [6, 6.07) is 13.7. The number of hydrogen-bond acceptors (Lipinski definition) is 2. The van der Waals surface area contributed by atoms with Crippen molar-refractivity contribution in [3.8, 4) is 0 Å². The molecule has 0 aromatic heterocycles. The Kier molecular flexibility index (Phi) is 4.48. The zero-order valence-electron chi connectivity index (χ0n) is 11.3. The van der Waals surface area contributed by atoms with Crippen LogP contribution in [0.4, 0.5) is 4.39 Å². The second-order valence-electron chi connectivity index (χ2n) is 4.72. The predicted molar refractivity (Wildman–Crippen MR) is 76.6 cm³/mol. The summed E-state index contributed by atoms with van der Waals surface area (Å²) < 4.78 is 13.2. The van der Waals surface area contributed by atoms with E-state index in [1.807, 2.05) is 19.1 Å². The van der Waals surface area contributed by atoms with Crippen molar-refractivity contribution in [3.05, 3.63) is 71.0 Å². The van der Waals surface area contributed by atoms with Crippen LogP contribution in [0.25, 0.3) is 0 Å². The van der Waals surface area contributed by atoms with Gasteiger partial charge in [0.1, 0.15) is 5.82 Å². The fraction of sp³-hybridized carbons (Fsp3) is 0.188. The molecule has 1 unspecified atom stereocenters. The number of hydrogen-bond donors (Lipinski definition) is 2. The molecule has 1 amide bonds. The number of rotatable bonds is 5. The van der Waals surface area contributed by atoms with Gasteiger partial charge in [-0.1, -0.05) is 24.3 Å². The van der Waals surface area contributed by atoms with Gasteiger partial charge in [-0.25, -0.2) is 4.39 Å². The molecule has 0 saturated carbocycles. The van der Waals surface area contributed by atoms with E-state index in [9.17, 15) is 9.18 Å². The van der Waals surface area contributed by atoms with Gasteiger partial charge in [0.25, 0.3) is 0 Å². The van der Waals surface area contributed by atoms with Crippen LogP contribution in [0, 0.1) is 5.82 Å². The molecule has 20 heavy (non-hydrogen) atoms. The van der Waals surface area contributed by atoms with Crippen LogP contribution >= 0.6 is 0 Å². The Morgan fingerprint density at radius 2 is 2.00 bits per heavy atom. The number of amides is 1. The number of carbonyl (C=O) groups is 1. The molecule has 1 atom stereocenters. The summed E-state index contributed by atoms with van der Waals surface area (Å²) in [5, 5.41) is 3.29. The molecule has 0 aliphatic carbocycles. The summed E-state index contributed by atoms with van der Waals surface area (Å²) in [6.07, 6.45) is 0. The summed E-state index contributed by atoms with van der Waals surface area (Å²) in [6.45, 7) is 2.55. The van der Waals surface area contributed by atoms with E-state index >= 15 is 0 Å². The van der Waals surface area contributed by atoms with E-state index in [1.54, 1.807) is 24.3 Å². The largest absolute Gasteiger partial charge is 0.366 e. The second kappa shape index (κ2) is 6.30. The number of primary amides is 1. The van der Waals surface area contributed by atoms with E-state index in [2.05, 4.69) is 5.32 Å². The van der Waals surface area contributed by atoms with Gasteiger partial charge in [0.05, 0.1) is 0 Å². The molecule has 2 aromatic rings. The lowest BCUT2D eigenvalue weighted by Gasteiger charge is -2.14. The summed E-state index contributed by atoms with van der Waals surface area (Å²) in [4.78, 5) is 11.1. The Balaban J connectivity index is 2.01. The van der Waals surface area contributed by atoms with Gasteiger partial charge >= 0.3 is 0 Å². The van der Waals surface area contributed by atoms with E-state index < -0.39 is 5.91 Å². The summed E-state index contributed by atoms with van der Waals surface area (Å²) >= 11 is 0. The van der Waals surface area contributed by atoms with Crippen LogP contribution < -0.4 is 11.1 Å². The highest BCUT2D eigenvalue weighted by Gasteiger charge is 2.06. The molecule has 2 rings (SSSR count). The van der Waals surface area contributed by atoms with Crippen molar-refractivity contribution in [1.82, 2.24) is 5.32 Å². The van der Waals surface area contributed by atoms with Gasteiger partial charge in [-0.05, 0) is 42.3 Å². The van der Waals surface area contributed by atoms with E-state index in [-0.39, 0.29) is 11.9 Å². The fourth-order valence-corrected chi connectivity index (χ4v) is 2.00. The highest BCUT2D eigenvalue weighted by Crippen LogP contribution is 2.14. The van der Waals surface area contributed by atoms with E-state index in [0.29, 0.717) is 12.1 Å². The fourth-order valence-electron chi connectivity index (χ4n) is 2.00. The molecule has 0 saturated heterocycles. The minimum Gasteiger partial charge on any atom is -0.366 e. The normalized spacial score (nSPS) is 12.1. The van der Waals surface area contributed by atoms with E-state index in [4.69, 9.17) is 5.73 Å². The second-order valence-corrected chi connectivity index (χ2v) is 4.72. The monoisotopic (exact) mass is 272 g/mol. The van der Waals surface area contributed by atoms with Gasteiger partial charge in [0.15, 0.2) is 0 Å². The van der Waals surface area contributed by atoms with E-state index in [1.165, 1.54) is 12.1 Å². The molecule has 0 aliphatic heterocycles. The molecule has 0 radical (unpaired) electrons. The van der Waals surface area contributed by atoms with Crippen molar-refractivity contribution in [1.29, 1.82) is 0 Å². The van der Waals surface area contributed by atoms with Gasteiger partial charge in [-0.2, -0.15) is 0 Å². The first kappa shape index (κ1) is 14.2. The molecular formula is C16H17FN2O. The third kappa shape index (κ3) is 3.65. The van der Waals surface area contributed by atoms with Gasteiger partial charge in [0, 0.05) is 18.2 Å². The number of halogens is 1. The third-order valence-electron chi connectivity index (χ3n) is 3.17. The molecule has 4 heteroatoms. The average molecular weight is 272 g/mol. The van der Waals surface area contributed by atoms with Crippen LogP contribution in [0.1, 0.15) is 34.5 Å². The summed E-state index contributed by atoms with van der Waals surface area (Å²) in [5.74, 6) is -0.683. The van der Waals surface area contributed by atoms with Crippen LogP contribution in [0.2, 0.25) is 0 Å². The minimum atomic E-state index is -0.440. The van der Waals surface area contributed by atoms with Gasteiger partial charge in [-0.3, -0.25) is 4.79 Å². The molecule has 0 spiro atoms. The molecule has 3 N–H and O–H groups in total. The minimum absolute atomic E-state index is 0.0166. The smallest absolute Gasteiger partial charge is 0.248 e. The maximum atomic E-state index is 13.2. The standard InChI is InChI=1S/C16H17FN2O/c1-11(13-5-3-7-15(17)9-13)19-10-12-4-2-6-14(8-12)16(18)20/h2-9,11,19H,10H2,1H3,(H2,18,20). The highest BCUT2D eigenvalue weighted by atomic mass is 19.1. The number of nitrogens with one attached hydrogen (secondary N) is 1. The molecule has 104 valence electrons. The Labute approximate surface area is 117 Å². The van der Waals surface area contributed by atoms with Crippen LogP contribution in [-0.4, -0.2) is 5.91 Å². The predicted octanol–water partition coefficient (Wildman–Crippen LogP) is 2.78. The quantitative estimate of drug-likeness (QED) is 0.879. The zero-order valence-corrected chi connectivity index (χ0v) is 11.3. The van der Waals surface area contributed by atoms with Gasteiger partial charge < -0.3 is 11.1 Å². The SMILES string of the molecule is CC(NCc1cccc(C(N)=O)c1)c1cccc(F)c1. The maximum absolute atomic E-state index is 13.2. The maximum Gasteiger partial charge on any atom is 0.248 e. The van der Waals surface area contributed by atoms with Crippen molar-refractivity contribution >= 4 is 5.91 Å². The molecule has 2 aromatic carbocycles. The number of benzene rings is 2. The van der Waals surface area contributed by atoms with Crippen LogP contribution in [-0.2, 0) is 6.54 Å². The molecule has 0 bridgehead atoms. The Hall–Kier alpha value is -2.20. The number of nitrogens with two attached hydrogens (primary N) is 1. The topological polar surface area (TPSA) is 55.1 Å². The van der Waals surface area contributed by atoms with E-state index in [0.717, 1.165) is 11.1 Å². The lowest BCUT2D eigenvalue weighted by Crippen LogP contribution is -2.19. The zero-order chi connectivity index (χ0) is 14.5. The third-order valence-corrected chi connectivity index (χ3v) is 3.17. The molecule has 3 nitrogen and oxygen atoms in total. The molecular weight excluding hydrogens is 255 g/mol. The lowest BCUT2D eigenvalue weighted by molar-refractivity contribution is 0.1000. The van der Waals surface area contributed by atoms with Crippen molar-refractivity contribution in [2.45, 2.75) is 19.5 Å². The first-order valence-electron chi connectivity index (χ1n) is 6.44. The first-order chi connectivity index (χ1) is 9.56. The number of carbonyl (C=O) groups excluding carboxylic acids is 1. The van der Waals surface area contributed by atoms with Crippen molar-refractivity contribution in [2.24, 2.45) is 5.73 Å². The first-order valence-corrected chi connectivity index (χ1v) is 6.44.